The number of amides is 2. The Morgan fingerprint density at radius 1 is 1.25 bits per heavy atom. The van der Waals surface area contributed by atoms with Crippen LogP contribution < -0.4 is 5.32 Å². The third-order valence-corrected chi connectivity index (χ3v) is 4.01. The molecule has 0 bridgehead atoms. The number of nitrogens with one attached hydrogen (secondary N) is 1. The van der Waals surface area contributed by atoms with Crippen molar-refractivity contribution < 1.29 is 14.3 Å². The molecule has 0 spiro atoms. The van der Waals surface area contributed by atoms with Crippen LogP contribution >= 0.6 is 0 Å². The normalized spacial score (nSPS) is 17.4. The van der Waals surface area contributed by atoms with Gasteiger partial charge in [0.1, 0.15) is 6.10 Å². The lowest BCUT2D eigenvalue weighted by atomic mass is 10.1. The standard InChI is InChI=1S/C18H19N3O3/c1-13-7-8-19-11-15(13)20-17(22)18(23)21-9-10-24-16(12-21)14-5-3-2-4-6-14/h2-8,11,16H,9-10,12H2,1H3,(H,20,22). The monoisotopic (exact) mass is 325 g/mol. The van der Waals surface area contributed by atoms with E-state index in [4.69, 9.17) is 4.74 Å². The third-order valence-electron chi connectivity index (χ3n) is 4.01. The zero-order chi connectivity index (χ0) is 16.9. The van der Waals surface area contributed by atoms with Gasteiger partial charge in [0.2, 0.25) is 0 Å². The number of hydrogen-bond acceptors (Lipinski definition) is 4. The number of pyridine rings is 1. The zero-order valence-corrected chi connectivity index (χ0v) is 13.4. The lowest BCUT2D eigenvalue weighted by Gasteiger charge is -2.32. The summed E-state index contributed by atoms with van der Waals surface area (Å²) in [5.74, 6) is -1.21. The van der Waals surface area contributed by atoms with Gasteiger partial charge in [-0.25, -0.2) is 0 Å². The minimum Gasteiger partial charge on any atom is -0.370 e. The highest BCUT2D eigenvalue weighted by molar-refractivity contribution is 6.39. The van der Waals surface area contributed by atoms with Gasteiger partial charge in [0.05, 0.1) is 25.0 Å². The van der Waals surface area contributed by atoms with Crippen LogP contribution in [0.1, 0.15) is 17.2 Å². The van der Waals surface area contributed by atoms with Gasteiger partial charge in [-0.05, 0) is 24.1 Å². The second-order valence-electron chi connectivity index (χ2n) is 5.67. The molecule has 1 aromatic heterocycles. The molecule has 1 aliphatic heterocycles. The fourth-order valence-electron chi connectivity index (χ4n) is 2.62. The molecular formula is C18H19N3O3. The molecule has 0 radical (unpaired) electrons. The summed E-state index contributed by atoms with van der Waals surface area (Å²) in [5, 5.41) is 2.63. The minimum absolute atomic E-state index is 0.211. The highest BCUT2D eigenvalue weighted by atomic mass is 16.5. The van der Waals surface area contributed by atoms with Crippen LogP contribution in [0.3, 0.4) is 0 Å². The summed E-state index contributed by atoms with van der Waals surface area (Å²) >= 11 is 0. The predicted octanol–water partition coefficient (Wildman–Crippen LogP) is 1.93. The maximum atomic E-state index is 12.4. The topological polar surface area (TPSA) is 71.5 Å². The van der Waals surface area contributed by atoms with Crippen LogP contribution in [0.4, 0.5) is 5.69 Å². The first-order chi connectivity index (χ1) is 11.6. The summed E-state index contributed by atoms with van der Waals surface area (Å²) in [6.45, 7) is 3.02. The van der Waals surface area contributed by atoms with Gasteiger partial charge in [0, 0.05) is 12.7 Å². The molecule has 124 valence electrons. The fourth-order valence-corrected chi connectivity index (χ4v) is 2.62. The highest BCUT2D eigenvalue weighted by Gasteiger charge is 2.29. The summed E-state index contributed by atoms with van der Waals surface area (Å²) in [6.07, 6.45) is 2.96. The van der Waals surface area contributed by atoms with Gasteiger partial charge in [0.25, 0.3) is 0 Å². The molecule has 24 heavy (non-hydrogen) atoms. The van der Waals surface area contributed by atoms with E-state index in [1.165, 1.54) is 11.1 Å². The number of morpholine rings is 1. The number of ether oxygens (including phenoxy) is 1. The maximum Gasteiger partial charge on any atom is 0.313 e. The first-order valence-electron chi connectivity index (χ1n) is 7.82. The predicted molar refractivity (Wildman–Crippen MR) is 89.3 cm³/mol. The largest absolute Gasteiger partial charge is 0.370 e. The molecule has 2 amide bonds. The van der Waals surface area contributed by atoms with Crippen LogP contribution in [0.25, 0.3) is 0 Å². The molecular weight excluding hydrogens is 306 g/mol. The van der Waals surface area contributed by atoms with Crippen molar-refractivity contribution in [2.24, 2.45) is 0 Å². The van der Waals surface area contributed by atoms with Crippen molar-refractivity contribution in [1.29, 1.82) is 0 Å². The number of hydrogen-bond donors (Lipinski definition) is 1. The quantitative estimate of drug-likeness (QED) is 0.857. The zero-order valence-electron chi connectivity index (χ0n) is 13.4. The lowest BCUT2D eigenvalue weighted by molar-refractivity contribution is -0.148. The van der Waals surface area contributed by atoms with Crippen molar-refractivity contribution in [2.75, 3.05) is 25.0 Å². The second-order valence-corrected chi connectivity index (χ2v) is 5.67. The molecule has 0 saturated carbocycles. The average Bonchev–Trinajstić information content (AvgIpc) is 2.64. The highest BCUT2D eigenvalue weighted by Crippen LogP contribution is 2.22. The number of rotatable bonds is 2. The Balaban J connectivity index is 1.66. The summed E-state index contributed by atoms with van der Waals surface area (Å²) < 4.78 is 5.73. The smallest absolute Gasteiger partial charge is 0.313 e. The molecule has 3 rings (SSSR count). The Morgan fingerprint density at radius 3 is 2.79 bits per heavy atom. The van der Waals surface area contributed by atoms with Crippen LogP contribution in [0.5, 0.6) is 0 Å². The number of aryl methyl sites for hydroxylation is 1. The maximum absolute atomic E-state index is 12.4. The molecule has 2 heterocycles. The van der Waals surface area contributed by atoms with E-state index in [1.54, 1.807) is 12.3 Å². The summed E-state index contributed by atoms with van der Waals surface area (Å²) in [7, 11) is 0. The number of nitrogens with zero attached hydrogens (tertiary/aromatic N) is 2. The number of benzene rings is 1. The molecule has 2 aromatic rings. The first-order valence-corrected chi connectivity index (χ1v) is 7.82. The van der Waals surface area contributed by atoms with Crippen LogP contribution in [0.2, 0.25) is 0 Å². The fraction of sp³-hybridized carbons (Fsp3) is 0.278. The molecule has 1 fully saturated rings. The minimum atomic E-state index is -0.653. The van der Waals surface area contributed by atoms with E-state index in [0.29, 0.717) is 25.4 Å². The van der Waals surface area contributed by atoms with Gasteiger partial charge >= 0.3 is 11.8 Å². The molecule has 1 aliphatic rings. The van der Waals surface area contributed by atoms with Crippen LogP contribution in [0.15, 0.2) is 48.8 Å². The lowest BCUT2D eigenvalue weighted by Crippen LogP contribution is -2.46. The third kappa shape index (κ3) is 3.60. The van der Waals surface area contributed by atoms with Gasteiger partial charge in [-0.3, -0.25) is 14.6 Å². The van der Waals surface area contributed by atoms with E-state index < -0.39 is 11.8 Å². The summed E-state index contributed by atoms with van der Waals surface area (Å²) in [4.78, 5) is 30.2. The average molecular weight is 325 g/mol. The van der Waals surface area contributed by atoms with E-state index in [2.05, 4.69) is 10.3 Å². The van der Waals surface area contributed by atoms with Gasteiger partial charge in [-0.15, -0.1) is 0 Å². The molecule has 1 N–H and O–H groups in total. The number of carbonyl (C=O) groups excluding carboxylic acids is 2. The summed E-state index contributed by atoms with van der Waals surface area (Å²) in [6, 6.07) is 11.5. The molecule has 1 atom stereocenters. The Labute approximate surface area is 140 Å². The van der Waals surface area contributed by atoms with Gasteiger partial charge in [0.15, 0.2) is 0 Å². The van der Waals surface area contributed by atoms with Crippen molar-refractivity contribution in [1.82, 2.24) is 9.88 Å². The number of aromatic nitrogens is 1. The molecule has 6 nitrogen and oxygen atoms in total. The number of anilines is 1. The molecule has 1 saturated heterocycles. The van der Waals surface area contributed by atoms with Crippen LogP contribution in [-0.4, -0.2) is 41.4 Å². The van der Waals surface area contributed by atoms with Gasteiger partial charge < -0.3 is 15.0 Å². The Kier molecular flexibility index (Phi) is 4.86. The summed E-state index contributed by atoms with van der Waals surface area (Å²) in [5.41, 5.74) is 2.40. The van der Waals surface area contributed by atoms with Crippen molar-refractivity contribution in [3.05, 3.63) is 59.9 Å². The Morgan fingerprint density at radius 2 is 2.04 bits per heavy atom. The molecule has 6 heteroatoms. The second kappa shape index (κ2) is 7.23. The van der Waals surface area contributed by atoms with E-state index in [1.807, 2.05) is 37.3 Å². The molecule has 1 unspecified atom stereocenters. The van der Waals surface area contributed by atoms with Crippen molar-refractivity contribution in [3.63, 3.8) is 0 Å². The first kappa shape index (κ1) is 16.1. The SMILES string of the molecule is Cc1ccncc1NC(=O)C(=O)N1CCOC(c2ccccc2)C1. The van der Waals surface area contributed by atoms with Crippen LogP contribution in [-0.2, 0) is 14.3 Å². The van der Waals surface area contributed by atoms with Crippen molar-refractivity contribution in [3.8, 4) is 0 Å². The van der Waals surface area contributed by atoms with E-state index in [0.717, 1.165) is 11.1 Å². The van der Waals surface area contributed by atoms with Gasteiger partial charge in [-0.2, -0.15) is 0 Å². The Bertz CT molecular complexity index is 733. The van der Waals surface area contributed by atoms with E-state index in [-0.39, 0.29) is 6.10 Å². The van der Waals surface area contributed by atoms with E-state index >= 15 is 0 Å². The van der Waals surface area contributed by atoms with Crippen molar-refractivity contribution >= 4 is 17.5 Å². The molecule has 1 aromatic carbocycles. The number of carbonyl (C=O) groups is 2. The Hall–Kier alpha value is -2.73. The van der Waals surface area contributed by atoms with Crippen molar-refractivity contribution in [2.45, 2.75) is 13.0 Å². The molecule has 0 aliphatic carbocycles. The van der Waals surface area contributed by atoms with E-state index in [9.17, 15) is 9.59 Å². The van der Waals surface area contributed by atoms with Crippen LogP contribution in [0, 0.1) is 6.92 Å². The van der Waals surface area contributed by atoms with Gasteiger partial charge in [-0.1, -0.05) is 30.3 Å².